The first-order chi connectivity index (χ1) is 39.1. The third-order valence-corrected chi connectivity index (χ3v) is 12.8. The Morgan fingerprint density at radius 3 is 1.69 bits per heavy atom. The Morgan fingerprint density at radius 1 is 0.627 bits per heavy atom. The van der Waals surface area contributed by atoms with Crippen LogP contribution in [-0.4, -0.2) is 180 Å². The van der Waals surface area contributed by atoms with Crippen LogP contribution in [0.4, 0.5) is 0 Å². The molecule has 1 aromatic rings. The highest BCUT2D eigenvalue weighted by Gasteiger charge is 2.38. The fourth-order valence-electron chi connectivity index (χ4n) is 8.69. The maximum Gasteiger partial charge on any atom is 0.245 e. The van der Waals surface area contributed by atoms with Crippen LogP contribution in [0.1, 0.15) is 104 Å². The van der Waals surface area contributed by atoms with Gasteiger partial charge in [0, 0.05) is 32.5 Å². The van der Waals surface area contributed by atoms with E-state index < -0.39 is 152 Å². The van der Waals surface area contributed by atoms with E-state index in [1.165, 1.54) is 4.90 Å². The van der Waals surface area contributed by atoms with Crippen molar-refractivity contribution in [2.24, 2.45) is 62.0 Å². The average molecular weight is 1170 g/mol. The van der Waals surface area contributed by atoms with Crippen LogP contribution < -0.4 is 82.7 Å². The van der Waals surface area contributed by atoms with E-state index in [2.05, 4.69) is 52.5 Å². The fourth-order valence-corrected chi connectivity index (χ4v) is 8.69. The van der Waals surface area contributed by atoms with Gasteiger partial charge in [-0.25, -0.2) is 0 Å². The summed E-state index contributed by atoms with van der Waals surface area (Å²) < 4.78 is 0. The number of nitrogens with two attached hydrogens (primary N) is 7. The summed E-state index contributed by atoms with van der Waals surface area (Å²) in [5.74, 6) is -10.5. The summed E-state index contributed by atoms with van der Waals surface area (Å²) in [6.45, 7) is 5.91. The number of nitrogens with zero attached hydrogens (tertiary/aromatic N) is 3. The van der Waals surface area contributed by atoms with Crippen LogP contribution in [0.5, 0.6) is 0 Å². The van der Waals surface area contributed by atoms with E-state index in [4.69, 9.17) is 40.1 Å². The second-order valence-electron chi connectivity index (χ2n) is 20.9. The van der Waals surface area contributed by atoms with Crippen molar-refractivity contribution in [3.8, 4) is 0 Å². The summed E-state index contributed by atoms with van der Waals surface area (Å²) in [5, 5.41) is 30.1. The third-order valence-electron chi connectivity index (χ3n) is 12.8. The van der Waals surface area contributed by atoms with Gasteiger partial charge in [0.2, 0.25) is 65.0 Å². The molecule has 1 fully saturated rings. The molecule has 1 aromatic carbocycles. The number of benzene rings is 1. The van der Waals surface area contributed by atoms with Crippen LogP contribution in [0.15, 0.2) is 40.3 Å². The smallest absolute Gasteiger partial charge is 0.245 e. The Bertz CT molecular complexity index is 2440. The number of rotatable bonds is 38. The van der Waals surface area contributed by atoms with Crippen LogP contribution in [0.2, 0.25) is 0 Å². The fraction of sp³-hybridized carbons (Fsp3) is 0.615. The molecule has 83 heavy (non-hydrogen) atoms. The van der Waals surface area contributed by atoms with Gasteiger partial charge in [0.05, 0.1) is 31.7 Å². The Labute approximate surface area is 481 Å². The normalized spacial score (nSPS) is 15.7. The Balaban J connectivity index is 2.34. The van der Waals surface area contributed by atoms with Crippen molar-refractivity contribution in [1.82, 2.24) is 47.4 Å². The molecular formula is C52H86N18O13. The number of carbonyl (C=O) groups excluding carboxylic acids is 12. The molecule has 0 bridgehead atoms. The van der Waals surface area contributed by atoms with Gasteiger partial charge in [-0.15, -0.1) is 0 Å². The second-order valence-corrected chi connectivity index (χ2v) is 20.9. The minimum atomic E-state index is -1.75. The molecule has 1 aliphatic rings. The number of aliphatic hydroxyl groups is 1. The molecular weight excluding hydrogens is 1080 g/mol. The number of primary amides is 2. The van der Waals surface area contributed by atoms with Gasteiger partial charge in [-0.05, 0) is 75.2 Å². The van der Waals surface area contributed by atoms with Gasteiger partial charge in [0.1, 0.15) is 48.6 Å². The van der Waals surface area contributed by atoms with Gasteiger partial charge in [0.25, 0.3) is 0 Å². The molecule has 1 saturated heterocycles. The molecule has 0 radical (unpaired) electrons. The molecule has 2 rings (SSSR count). The number of aliphatic imine (C=N–C) groups is 2. The van der Waals surface area contributed by atoms with Crippen LogP contribution in [0.25, 0.3) is 0 Å². The third kappa shape index (κ3) is 27.2. The summed E-state index contributed by atoms with van der Waals surface area (Å²) in [7, 11) is 0. The number of amides is 11. The van der Waals surface area contributed by atoms with Gasteiger partial charge in [-0.2, -0.15) is 0 Å². The molecule has 0 aromatic heterocycles. The van der Waals surface area contributed by atoms with Gasteiger partial charge >= 0.3 is 0 Å². The van der Waals surface area contributed by atoms with Gasteiger partial charge < -0.3 is 97.5 Å². The van der Waals surface area contributed by atoms with Crippen molar-refractivity contribution in [2.75, 3.05) is 32.8 Å². The lowest BCUT2D eigenvalue weighted by atomic mass is 10.00. The van der Waals surface area contributed by atoms with E-state index in [0.717, 1.165) is 0 Å². The maximum absolute atomic E-state index is 14.4. The highest BCUT2D eigenvalue weighted by molar-refractivity contribution is 5.99. The summed E-state index contributed by atoms with van der Waals surface area (Å²) in [5.41, 5.74) is 39.0. The summed E-state index contributed by atoms with van der Waals surface area (Å²) >= 11 is 0. The number of carbonyl (C=O) groups is 12. The number of hydrogen-bond donors (Lipinski definition) is 16. The highest BCUT2D eigenvalue weighted by atomic mass is 16.3. The lowest BCUT2D eigenvalue weighted by Gasteiger charge is -2.28. The minimum absolute atomic E-state index is 0.00997. The summed E-state index contributed by atoms with van der Waals surface area (Å²) in [6.07, 6.45) is 0.378. The molecule has 11 amide bonds. The molecule has 0 aliphatic carbocycles. The Hall–Kier alpha value is -8.48. The minimum Gasteiger partial charge on any atom is -0.394 e. The van der Waals surface area contributed by atoms with Gasteiger partial charge in [-0.1, -0.05) is 58.0 Å². The topological polar surface area (TPSA) is 531 Å². The number of aliphatic hydroxyl groups excluding tert-OH is 1. The SMILES string of the molecule is CC(C)C[C@@H](C=O)NC(=O)[C@H](CCCN=C(N)N)NC(=O)[C@H](CO)NC(=O)[C@H](CCC(N)=O)NC(=O)[C@H](CC(C)C)NC(=O)[C@H](Cc1ccccc1)NC(=O)[C@H](CC(N)=O)NC(=O)CNC(=O)[C@@H]1CCCN1C(=O)[C@@H](N)CCCN=C(N)N. The lowest BCUT2D eigenvalue weighted by molar-refractivity contribution is -0.140. The second kappa shape index (κ2) is 36.8. The van der Waals surface area contributed by atoms with E-state index in [1.807, 2.05) is 13.8 Å². The zero-order valence-electron chi connectivity index (χ0n) is 47.6. The van der Waals surface area contributed by atoms with E-state index in [1.54, 1.807) is 44.2 Å². The van der Waals surface area contributed by atoms with Crippen molar-refractivity contribution in [2.45, 2.75) is 159 Å². The lowest BCUT2D eigenvalue weighted by Crippen LogP contribution is -2.61. The number of hydrogen-bond acceptors (Lipinski definition) is 16. The van der Waals surface area contributed by atoms with Crippen LogP contribution in [-0.2, 0) is 64.0 Å². The average Bonchev–Trinajstić information content (AvgIpc) is 3.92. The van der Waals surface area contributed by atoms with Crippen molar-refractivity contribution in [3.05, 3.63) is 35.9 Å². The number of nitrogens with one attached hydrogen (secondary N) is 8. The number of aldehydes is 1. The zero-order valence-corrected chi connectivity index (χ0v) is 47.6. The highest BCUT2D eigenvalue weighted by Crippen LogP contribution is 2.19. The largest absolute Gasteiger partial charge is 0.394 e. The van der Waals surface area contributed by atoms with Crippen molar-refractivity contribution in [3.63, 3.8) is 0 Å². The van der Waals surface area contributed by atoms with E-state index >= 15 is 0 Å². The van der Waals surface area contributed by atoms with E-state index in [9.17, 15) is 62.6 Å². The molecule has 31 nitrogen and oxygen atoms in total. The predicted octanol–water partition coefficient (Wildman–Crippen LogP) is -6.41. The molecule has 1 heterocycles. The first-order valence-corrected chi connectivity index (χ1v) is 27.4. The van der Waals surface area contributed by atoms with Crippen molar-refractivity contribution < 1.29 is 62.6 Å². The summed E-state index contributed by atoms with van der Waals surface area (Å²) in [4.78, 5) is 169. The molecule has 0 saturated carbocycles. The van der Waals surface area contributed by atoms with E-state index in [0.29, 0.717) is 24.7 Å². The monoisotopic (exact) mass is 1170 g/mol. The maximum atomic E-state index is 14.4. The first kappa shape index (κ1) is 70.6. The molecule has 0 unspecified atom stereocenters. The molecule has 0 spiro atoms. The number of likely N-dealkylation sites (tertiary alicyclic amines) is 1. The molecule has 462 valence electrons. The van der Waals surface area contributed by atoms with Crippen molar-refractivity contribution in [1.29, 1.82) is 0 Å². The quantitative estimate of drug-likeness (QED) is 0.0127. The van der Waals surface area contributed by atoms with Crippen LogP contribution in [0, 0.1) is 11.8 Å². The van der Waals surface area contributed by atoms with Gasteiger partial charge in [-0.3, -0.25) is 62.7 Å². The Kier molecular flexibility index (Phi) is 31.3. The van der Waals surface area contributed by atoms with Gasteiger partial charge in [0.15, 0.2) is 11.9 Å². The summed E-state index contributed by atoms with van der Waals surface area (Å²) in [6, 6.07) is -3.89. The molecule has 31 heteroatoms. The molecule has 1 aliphatic heterocycles. The number of guanidine groups is 2. The van der Waals surface area contributed by atoms with E-state index in [-0.39, 0.29) is 88.3 Å². The molecule has 9 atom stereocenters. The van der Waals surface area contributed by atoms with Crippen molar-refractivity contribution >= 4 is 83.2 Å². The van der Waals surface area contributed by atoms with Crippen LogP contribution >= 0.6 is 0 Å². The molecule has 23 N–H and O–H groups in total. The Morgan fingerprint density at radius 2 is 1.13 bits per heavy atom. The standard InChI is InChI=1S/C52H86N18O13/c1-28(2)21-31(26-71)63-43(76)33(14-9-19-61-52(58)59)65-48(81)38(27-72)69-44(77)34(16-17-40(54)73)66-45(78)35(22-29(3)4)67-46(79)36(23-30-11-6-5-7-12-30)68-47(80)37(24-41(55)74)64-42(75)25-62-49(82)39-15-10-20-70(39)50(83)32(53)13-8-18-60-51(56)57/h5-7,11-12,26,28-29,31-39,72H,8-10,13-25,27,53H2,1-4H3,(H2,54,73)(H2,55,74)(H,62,82)(H,63,76)(H,64,75)(H,65,81)(H,66,78)(H,67,79)(H,68,80)(H,69,77)(H4,56,57,60)(H4,58,59,61)/t31-,32-,33-,34-,35-,36-,37-,38-,39-/m0/s1. The van der Waals surface area contributed by atoms with Crippen LogP contribution in [0.3, 0.4) is 0 Å². The predicted molar refractivity (Wildman–Crippen MR) is 304 cm³/mol. The first-order valence-electron chi connectivity index (χ1n) is 27.4. The zero-order chi connectivity index (χ0) is 62.3.